The molecule has 0 amide bonds. The van der Waals surface area contributed by atoms with Gasteiger partial charge in [0.05, 0.1) is 24.5 Å². The van der Waals surface area contributed by atoms with Crippen molar-refractivity contribution in [2.75, 3.05) is 13.6 Å². The monoisotopic (exact) mass is 302 g/mol. The SMILES string of the molecule is CC(C)N(C)Cc1cnc2n1CCN(Cc1ccco1)[C@H]2C. The molecule has 1 atom stereocenters. The second-order valence-electron chi connectivity index (χ2n) is 6.49. The highest BCUT2D eigenvalue weighted by atomic mass is 16.3. The van der Waals surface area contributed by atoms with Crippen LogP contribution >= 0.6 is 0 Å². The van der Waals surface area contributed by atoms with E-state index in [0.29, 0.717) is 12.1 Å². The molecule has 0 saturated carbocycles. The highest BCUT2D eigenvalue weighted by molar-refractivity contribution is 5.12. The highest BCUT2D eigenvalue weighted by Crippen LogP contribution is 2.27. The average molecular weight is 302 g/mol. The van der Waals surface area contributed by atoms with Crippen molar-refractivity contribution in [2.45, 2.75) is 52.5 Å². The zero-order valence-corrected chi connectivity index (χ0v) is 14.0. The Morgan fingerprint density at radius 2 is 2.23 bits per heavy atom. The van der Waals surface area contributed by atoms with Crippen molar-refractivity contribution in [2.24, 2.45) is 0 Å². The third kappa shape index (κ3) is 2.96. The quantitative estimate of drug-likeness (QED) is 0.851. The minimum absolute atomic E-state index is 0.317. The Kier molecular flexibility index (Phi) is 4.36. The molecule has 22 heavy (non-hydrogen) atoms. The minimum atomic E-state index is 0.317. The molecular formula is C17H26N4O. The van der Waals surface area contributed by atoms with E-state index in [0.717, 1.165) is 31.9 Å². The van der Waals surface area contributed by atoms with Gasteiger partial charge in [-0.05, 0) is 40.0 Å². The Bertz CT molecular complexity index is 602. The van der Waals surface area contributed by atoms with E-state index < -0.39 is 0 Å². The summed E-state index contributed by atoms with van der Waals surface area (Å²) in [4.78, 5) is 9.47. The molecule has 0 N–H and O–H groups in total. The molecular weight excluding hydrogens is 276 g/mol. The maximum absolute atomic E-state index is 5.48. The molecule has 0 aliphatic carbocycles. The standard InChI is InChI=1S/C17H26N4O/c1-13(2)19(4)11-15-10-18-17-14(3)20(7-8-21(15)17)12-16-6-5-9-22-16/h5-6,9-10,13-14H,7-8,11-12H2,1-4H3/t14-/m0/s1. The number of nitrogens with zero attached hydrogens (tertiary/aromatic N) is 4. The van der Waals surface area contributed by atoms with Crippen LogP contribution in [0, 0.1) is 0 Å². The summed E-state index contributed by atoms with van der Waals surface area (Å²) < 4.78 is 7.87. The normalized spacial score (nSPS) is 19.1. The van der Waals surface area contributed by atoms with Gasteiger partial charge >= 0.3 is 0 Å². The van der Waals surface area contributed by atoms with Gasteiger partial charge in [-0.1, -0.05) is 0 Å². The van der Waals surface area contributed by atoms with Crippen LogP contribution in [0.5, 0.6) is 0 Å². The number of imidazole rings is 1. The van der Waals surface area contributed by atoms with Crippen LogP contribution in [0.2, 0.25) is 0 Å². The van der Waals surface area contributed by atoms with Crippen LogP contribution in [-0.2, 0) is 19.6 Å². The van der Waals surface area contributed by atoms with Crippen molar-refractivity contribution in [3.63, 3.8) is 0 Å². The molecule has 0 aromatic carbocycles. The van der Waals surface area contributed by atoms with Crippen molar-refractivity contribution in [1.29, 1.82) is 0 Å². The molecule has 120 valence electrons. The Morgan fingerprint density at radius 3 is 2.91 bits per heavy atom. The predicted molar refractivity (Wildman–Crippen MR) is 86.4 cm³/mol. The lowest BCUT2D eigenvalue weighted by molar-refractivity contribution is 0.142. The molecule has 2 aromatic heterocycles. The van der Waals surface area contributed by atoms with E-state index in [9.17, 15) is 0 Å². The lowest BCUT2D eigenvalue weighted by Gasteiger charge is -2.34. The molecule has 3 heterocycles. The molecule has 0 bridgehead atoms. The van der Waals surface area contributed by atoms with Crippen molar-refractivity contribution in [3.8, 4) is 0 Å². The summed E-state index contributed by atoms with van der Waals surface area (Å²) in [5.41, 5.74) is 1.32. The topological polar surface area (TPSA) is 37.4 Å². The first kappa shape index (κ1) is 15.3. The fourth-order valence-electron chi connectivity index (χ4n) is 2.99. The van der Waals surface area contributed by atoms with E-state index >= 15 is 0 Å². The van der Waals surface area contributed by atoms with Crippen LogP contribution in [0.15, 0.2) is 29.0 Å². The van der Waals surface area contributed by atoms with Gasteiger partial charge in [0.15, 0.2) is 0 Å². The lowest BCUT2D eigenvalue weighted by Crippen LogP contribution is -2.37. The lowest BCUT2D eigenvalue weighted by atomic mass is 10.2. The molecule has 0 spiro atoms. The van der Waals surface area contributed by atoms with E-state index in [1.165, 1.54) is 11.5 Å². The second kappa shape index (κ2) is 6.26. The first-order valence-electron chi connectivity index (χ1n) is 8.07. The Labute approximate surface area is 132 Å². The molecule has 1 aliphatic heterocycles. The average Bonchev–Trinajstić information content (AvgIpc) is 3.12. The molecule has 5 nitrogen and oxygen atoms in total. The molecule has 1 aliphatic rings. The number of hydrogen-bond donors (Lipinski definition) is 0. The number of hydrogen-bond acceptors (Lipinski definition) is 4. The summed E-state index contributed by atoms with van der Waals surface area (Å²) >= 11 is 0. The third-order valence-corrected chi connectivity index (χ3v) is 4.73. The zero-order valence-electron chi connectivity index (χ0n) is 14.0. The van der Waals surface area contributed by atoms with Crippen molar-refractivity contribution < 1.29 is 4.42 Å². The smallest absolute Gasteiger partial charge is 0.126 e. The summed E-state index contributed by atoms with van der Waals surface area (Å²) in [5.74, 6) is 2.19. The van der Waals surface area contributed by atoms with Gasteiger partial charge in [-0.25, -0.2) is 4.98 Å². The summed E-state index contributed by atoms with van der Waals surface area (Å²) in [7, 11) is 2.17. The van der Waals surface area contributed by atoms with Crippen LogP contribution in [-0.4, -0.2) is 39.0 Å². The largest absolute Gasteiger partial charge is 0.468 e. The van der Waals surface area contributed by atoms with E-state index in [2.05, 4.69) is 42.2 Å². The molecule has 5 heteroatoms. The van der Waals surface area contributed by atoms with Gasteiger partial charge in [0.25, 0.3) is 0 Å². The maximum Gasteiger partial charge on any atom is 0.126 e. The Balaban J connectivity index is 1.74. The second-order valence-corrected chi connectivity index (χ2v) is 6.49. The minimum Gasteiger partial charge on any atom is -0.468 e. The van der Waals surface area contributed by atoms with E-state index in [1.54, 1.807) is 6.26 Å². The highest BCUT2D eigenvalue weighted by Gasteiger charge is 2.27. The van der Waals surface area contributed by atoms with Crippen molar-refractivity contribution >= 4 is 0 Å². The Hall–Kier alpha value is -1.59. The molecule has 3 rings (SSSR count). The van der Waals surface area contributed by atoms with Gasteiger partial charge in [0.2, 0.25) is 0 Å². The summed E-state index contributed by atoms with van der Waals surface area (Å²) in [6.07, 6.45) is 3.78. The fraction of sp³-hybridized carbons (Fsp3) is 0.588. The van der Waals surface area contributed by atoms with Crippen molar-refractivity contribution in [3.05, 3.63) is 41.9 Å². The van der Waals surface area contributed by atoms with Crippen LogP contribution in [0.25, 0.3) is 0 Å². The van der Waals surface area contributed by atoms with Gasteiger partial charge in [-0.3, -0.25) is 9.80 Å². The summed E-state index contributed by atoms with van der Waals surface area (Å²) in [5, 5.41) is 0. The molecule has 0 radical (unpaired) electrons. The molecule has 2 aromatic rings. The van der Waals surface area contributed by atoms with Crippen molar-refractivity contribution in [1.82, 2.24) is 19.4 Å². The summed E-state index contributed by atoms with van der Waals surface area (Å²) in [6.45, 7) is 10.5. The van der Waals surface area contributed by atoms with Gasteiger partial charge in [-0.15, -0.1) is 0 Å². The van der Waals surface area contributed by atoms with Crippen LogP contribution in [0.3, 0.4) is 0 Å². The number of aromatic nitrogens is 2. The molecule has 0 unspecified atom stereocenters. The van der Waals surface area contributed by atoms with Gasteiger partial charge in [0.1, 0.15) is 11.6 Å². The van der Waals surface area contributed by atoms with Gasteiger partial charge in [-0.2, -0.15) is 0 Å². The predicted octanol–water partition coefficient (Wildman–Crippen LogP) is 2.89. The van der Waals surface area contributed by atoms with Crippen LogP contribution in [0.4, 0.5) is 0 Å². The van der Waals surface area contributed by atoms with Gasteiger partial charge < -0.3 is 8.98 Å². The molecule has 0 saturated heterocycles. The van der Waals surface area contributed by atoms with Crippen LogP contribution in [0.1, 0.15) is 44.1 Å². The van der Waals surface area contributed by atoms with E-state index in [4.69, 9.17) is 9.40 Å². The van der Waals surface area contributed by atoms with E-state index in [-0.39, 0.29) is 0 Å². The zero-order chi connectivity index (χ0) is 15.7. The van der Waals surface area contributed by atoms with E-state index in [1.807, 2.05) is 18.3 Å². The maximum atomic E-state index is 5.48. The number of rotatable bonds is 5. The first-order chi connectivity index (χ1) is 10.6. The van der Waals surface area contributed by atoms with Crippen LogP contribution < -0.4 is 0 Å². The van der Waals surface area contributed by atoms with Gasteiger partial charge in [0, 0.05) is 31.9 Å². The third-order valence-electron chi connectivity index (χ3n) is 4.73. The summed E-state index contributed by atoms with van der Waals surface area (Å²) in [6, 6.07) is 4.85. The first-order valence-corrected chi connectivity index (χ1v) is 8.07. The molecule has 0 fully saturated rings. The fourth-order valence-corrected chi connectivity index (χ4v) is 2.99. The Morgan fingerprint density at radius 1 is 1.41 bits per heavy atom. The number of furan rings is 1. The number of fused-ring (bicyclic) bond motifs is 1.